The summed E-state index contributed by atoms with van der Waals surface area (Å²) in [5, 5.41) is 2.87. The fourth-order valence-electron chi connectivity index (χ4n) is 4.58. The summed E-state index contributed by atoms with van der Waals surface area (Å²) in [7, 11) is -4.11. The molecule has 196 valence electrons. The third-order valence-electron chi connectivity index (χ3n) is 6.48. The molecule has 0 aliphatic rings. The summed E-state index contributed by atoms with van der Waals surface area (Å²) in [6.07, 6.45) is 3.06. The molecule has 40 heavy (non-hydrogen) atoms. The molecular weight excluding hydrogens is 520 g/mol. The largest absolute Gasteiger partial charge is 0.307 e. The van der Waals surface area contributed by atoms with E-state index in [-0.39, 0.29) is 27.7 Å². The quantitative estimate of drug-likeness (QED) is 0.245. The number of aromatic nitrogens is 3. The van der Waals surface area contributed by atoms with Crippen LogP contribution in [0.5, 0.6) is 0 Å². The molecular formula is C32H24N4O3S. The fraction of sp³-hybridized carbons (Fsp3) is 0.0312. The predicted molar refractivity (Wildman–Crippen MR) is 157 cm³/mol. The van der Waals surface area contributed by atoms with Crippen LogP contribution in [-0.4, -0.2) is 28.9 Å². The molecule has 6 rings (SSSR count). The number of carbonyl (C=O) groups is 1. The summed E-state index contributed by atoms with van der Waals surface area (Å²) in [5.41, 5.74) is 3.48. The van der Waals surface area contributed by atoms with Gasteiger partial charge in [-0.15, -0.1) is 0 Å². The summed E-state index contributed by atoms with van der Waals surface area (Å²) in [6, 6.07) is 34.4. The smallest absolute Gasteiger partial charge is 0.249 e. The van der Waals surface area contributed by atoms with Crippen molar-refractivity contribution in [2.24, 2.45) is 0 Å². The Morgan fingerprint density at radius 3 is 2.00 bits per heavy atom. The van der Waals surface area contributed by atoms with Crippen LogP contribution < -0.4 is 5.32 Å². The zero-order chi connectivity index (χ0) is 27.5. The maximum atomic E-state index is 14.2. The van der Waals surface area contributed by atoms with Crippen molar-refractivity contribution in [3.8, 4) is 0 Å². The van der Waals surface area contributed by atoms with Gasteiger partial charge in [0.05, 0.1) is 22.5 Å². The number of rotatable bonds is 7. The maximum Gasteiger partial charge on any atom is 0.249 e. The molecule has 1 N–H and O–H groups in total. The lowest BCUT2D eigenvalue weighted by Crippen LogP contribution is -2.16. The first-order chi connectivity index (χ1) is 19.5. The van der Waals surface area contributed by atoms with Gasteiger partial charge in [0.25, 0.3) is 0 Å². The topological polar surface area (TPSA) is 93.9 Å². The Morgan fingerprint density at radius 2 is 1.32 bits per heavy atom. The second kappa shape index (κ2) is 10.6. The van der Waals surface area contributed by atoms with Gasteiger partial charge in [0.1, 0.15) is 16.2 Å². The Kier molecular flexibility index (Phi) is 6.67. The van der Waals surface area contributed by atoms with Gasteiger partial charge in [-0.3, -0.25) is 4.79 Å². The first-order valence-electron chi connectivity index (χ1n) is 12.7. The van der Waals surface area contributed by atoms with Gasteiger partial charge in [0, 0.05) is 6.08 Å². The molecule has 0 unspecified atom stereocenters. The predicted octanol–water partition coefficient (Wildman–Crippen LogP) is 6.12. The summed E-state index contributed by atoms with van der Waals surface area (Å²) in [4.78, 5) is 22.9. The van der Waals surface area contributed by atoms with Gasteiger partial charge in [0.2, 0.25) is 15.7 Å². The number of para-hydroxylation sites is 2. The number of amides is 1. The highest BCUT2D eigenvalue weighted by molar-refractivity contribution is 7.92. The number of nitrogens with zero attached hydrogens (tertiary/aromatic N) is 3. The van der Waals surface area contributed by atoms with Gasteiger partial charge in [-0.2, -0.15) is 0 Å². The number of benzene rings is 4. The van der Waals surface area contributed by atoms with Crippen LogP contribution in [-0.2, 0) is 21.2 Å². The lowest BCUT2D eigenvalue weighted by Gasteiger charge is -2.13. The minimum atomic E-state index is -4.11. The van der Waals surface area contributed by atoms with Crippen molar-refractivity contribution in [2.45, 2.75) is 16.3 Å². The lowest BCUT2D eigenvalue weighted by molar-refractivity contribution is -0.111. The highest BCUT2D eigenvalue weighted by Gasteiger charge is 2.32. The standard InChI is InChI=1S/C32H24N4O3S/c37-28(21-20-23-12-4-1-5-13-23)35-32-30(40(38,39)25-16-8-3-9-17-25)29-31(34-27-19-11-10-18-26(27)33-29)36(32)22-24-14-6-2-7-15-24/h1-21H,22H2,(H,35,37)/b21-20+. The Bertz CT molecular complexity index is 1970. The zero-order valence-corrected chi connectivity index (χ0v) is 22.1. The van der Waals surface area contributed by atoms with Crippen LogP contribution in [0, 0.1) is 0 Å². The van der Waals surface area contributed by atoms with E-state index in [2.05, 4.69) is 5.32 Å². The average Bonchev–Trinajstić information content (AvgIpc) is 3.28. The summed E-state index contributed by atoms with van der Waals surface area (Å²) in [6.45, 7) is 0.271. The Balaban J connectivity index is 1.60. The van der Waals surface area contributed by atoms with E-state index in [0.717, 1.165) is 11.1 Å². The highest BCUT2D eigenvalue weighted by Crippen LogP contribution is 2.37. The molecule has 0 aliphatic heterocycles. The van der Waals surface area contributed by atoms with Crippen LogP contribution in [0.15, 0.2) is 131 Å². The van der Waals surface area contributed by atoms with E-state index in [0.29, 0.717) is 16.7 Å². The Hall–Kier alpha value is -5.08. The van der Waals surface area contributed by atoms with Crippen molar-refractivity contribution in [1.82, 2.24) is 14.5 Å². The molecule has 1 amide bonds. The van der Waals surface area contributed by atoms with Gasteiger partial charge in [-0.05, 0) is 41.5 Å². The van der Waals surface area contributed by atoms with Crippen LogP contribution in [0.1, 0.15) is 11.1 Å². The van der Waals surface area contributed by atoms with E-state index in [1.165, 1.54) is 18.2 Å². The molecule has 7 nitrogen and oxygen atoms in total. The first kappa shape index (κ1) is 25.2. The zero-order valence-electron chi connectivity index (χ0n) is 21.3. The molecule has 0 bridgehead atoms. The van der Waals surface area contributed by atoms with E-state index in [1.54, 1.807) is 34.9 Å². The Morgan fingerprint density at radius 1 is 0.750 bits per heavy atom. The molecule has 0 fully saturated rings. The van der Waals surface area contributed by atoms with E-state index in [4.69, 9.17) is 9.97 Å². The monoisotopic (exact) mass is 544 g/mol. The third kappa shape index (κ3) is 4.88. The van der Waals surface area contributed by atoms with Crippen LogP contribution in [0.2, 0.25) is 0 Å². The number of anilines is 1. The summed E-state index contributed by atoms with van der Waals surface area (Å²) < 4.78 is 30.1. The normalized spacial score (nSPS) is 11.8. The molecule has 2 heterocycles. The van der Waals surface area contributed by atoms with Gasteiger partial charge in [-0.25, -0.2) is 18.4 Å². The van der Waals surface area contributed by atoms with Crippen molar-refractivity contribution < 1.29 is 13.2 Å². The highest BCUT2D eigenvalue weighted by atomic mass is 32.2. The maximum absolute atomic E-state index is 14.2. The van der Waals surface area contributed by atoms with Crippen LogP contribution in [0.4, 0.5) is 5.82 Å². The molecule has 8 heteroatoms. The molecule has 2 aromatic heterocycles. The lowest BCUT2D eigenvalue weighted by atomic mass is 10.2. The van der Waals surface area contributed by atoms with Crippen molar-refractivity contribution in [3.05, 3.63) is 132 Å². The summed E-state index contributed by atoms with van der Waals surface area (Å²) >= 11 is 0. The SMILES string of the molecule is O=C(/C=C/c1ccccc1)Nc1c(S(=O)(=O)c2ccccc2)c2nc3ccccc3nc2n1Cc1ccccc1. The van der Waals surface area contributed by atoms with Crippen molar-refractivity contribution in [1.29, 1.82) is 0 Å². The third-order valence-corrected chi connectivity index (χ3v) is 8.30. The van der Waals surface area contributed by atoms with Gasteiger partial charge in [0.15, 0.2) is 5.65 Å². The molecule has 0 saturated heterocycles. The van der Waals surface area contributed by atoms with E-state index in [9.17, 15) is 13.2 Å². The number of fused-ring (bicyclic) bond motifs is 2. The molecule has 6 aromatic rings. The van der Waals surface area contributed by atoms with E-state index >= 15 is 0 Å². The van der Waals surface area contributed by atoms with Gasteiger partial charge >= 0.3 is 0 Å². The molecule has 0 atom stereocenters. The van der Waals surface area contributed by atoms with E-state index in [1.807, 2.05) is 78.9 Å². The van der Waals surface area contributed by atoms with Crippen LogP contribution >= 0.6 is 0 Å². The van der Waals surface area contributed by atoms with Crippen molar-refractivity contribution >= 4 is 49.8 Å². The fourth-order valence-corrected chi connectivity index (χ4v) is 6.14. The second-order valence-electron chi connectivity index (χ2n) is 9.18. The number of carbonyl (C=O) groups excluding carboxylic acids is 1. The van der Waals surface area contributed by atoms with Crippen LogP contribution in [0.25, 0.3) is 28.3 Å². The molecule has 4 aromatic carbocycles. The van der Waals surface area contributed by atoms with Gasteiger partial charge in [-0.1, -0.05) is 91.0 Å². The molecule has 0 aliphatic carbocycles. The average molecular weight is 545 g/mol. The number of nitrogens with one attached hydrogen (secondary N) is 1. The summed E-state index contributed by atoms with van der Waals surface area (Å²) in [5.74, 6) is -0.365. The van der Waals surface area contributed by atoms with E-state index < -0.39 is 15.7 Å². The molecule has 0 radical (unpaired) electrons. The number of sulfone groups is 1. The first-order valence-corrected chi connectivity index (χ1v) is 14.2. The molecule has 0 spiro atoms. The van der Waals surface area contributed by atoms with Crippen molar-refractivity contribution in [3.63, 3.8) is 0 Å². The number of hydrogen-bond donors (Lipinski definition) is 1. The Labute approximate surface area is 231 Å². The minimum Gasteiger partial charge on any atom is -0.307 e. The van der Waals surface area contributed by atoms with Crippen LogP contribution in [0.3, 0.4) is 0 Å². The second-order valence-corrected chi connectivity index (χ2v) is 11.1. The van der Waals surface area contributed by atoms with Gasteiger partial charge < -0.3 is 9.88 Å². The molecule has 0 saturated carbocycles. The van der Waals surface area contributed by atoms with Crippen molar-refractivity contribution in [2.75, 3.05) is 5.32 Å². The minimum absolute atomic E-state index is 0.0932. The number of hydrogen-bond acceptors (Lipinski definition) is 5.